The molecule has 0 bridgehead atoms. The van der Waals surface area contributed by atoms with Gasteiger partial charge in [-0.1, -0.05) is 52.6 Å². The molecule has 0 amide bonds. The Balaban J connectivity index is 2.00. The molecule has 0 aliphatic heterocycles. The average Bonchev–Trinajstić information content (AvgIpc) is 3.03. The fourth-order valence-electron chi connectivity index (χ4n) is 3.02. The Kier molecular flexibility index (Phi) is 8.83. The Labute approximate surface area is 224 Å². The van der Waals surface area contributed by atoms with Gasteiger partial charge in [-0.05, 0) is 66.0 Å². The highest BCUT2D eigenvalue weighted by atomic mass is 35.5. The second-order valence-electron chi connectivity index (χ2n) is 9.56. The van der Waals surface area contributed by atoms with Crippen LogP contribution in [0.15, 0.2) is 35.5 Å². The number of phosphoric ester groups is 1. The van der Waals surface area contributed by atoms with Crippen molar-refractivity contribution in [1.82, 2.24) is 9.55 Å². The van der Waals surface area contributed by atoms with Crippen molar-refractivity contribution in [2.75, 3.05) is 6.26 Å². The van der Waals surface area contributed by atoms with Crippen LogP contribution in [-0.4, -0.2) is 27.0 Å². The van der Waals surface area contributed by atoms with Crippen molar-refractivity contribution in [3.05, 3.63) is 45.4 Å². The molecule has 1 heterocycles. The number of thioether (sulfide) groups is 1. The van der Waals surface area contributed by atoms with Crippen LogP contribution in [0.1, 0.15) is 41.5 Å². The van der Waals surface area contributed by atoms with Gasteiger partial charge in [-0.3, -0.25) is 18.1 Å². The SMILES string of the molecule is CSc1nc2cc(Cl)c(Oc3cccc(Cl)c3Cl)cc2n1COP(=O)(OC(C)(C)C)OC(C)(C)C. The molecule has 0 saturated heterocycles. The normalized spacial score (nSPS) is 13.0. The highest BCUT2D eigenvalue weighted by Crippen LogP contribution is 2.56. The molecule has 12 heteroatoms. The molecule has 35 heavy (non-hydrogen) atoms. The number of nitrogens with zero attached hydrogens (tertiary/aromatic N) is 2. The molecule has 3 aromatic rings. The van der Waals surface area contributed by atoms with Crippen LogP contribution in [0.25, 0.3) is 11.0 Å². The quantitative estimate of drug-likeness (QED) is 0.194. The summed E-state index contributed by atoms with van der Waals surface area (Å²) in [4.78, 5) is 4.61. The summed E-state index contributed by atoms with van der Waals surface area (Å²) in [7, 11) is -3.95. The van der Waals surface area contributed by atoms with Gasteiger partial charge in [0, 0.05) is 6.07 Å². The molecule has 0 radical (unpaired) electrons. The molecule has 0 aliphatic carbocycles. The molecule has 7 nitrogen and oxygen atoms in total. The van der Waals surface area contributed by atoms with Crippen molar-refractivity contribution in [3.8, 4) is 11.5 Å². The van der Waals surface area contributed by atoms with E-state index < -0.39 is 19.0 Å². The van der Waals surface area contributed by atoms with E-state index >= 15 is 0 Å². The number of imidazole rings is 1. The van der Waals surface area contributed by atoms with E-state index in [-0.39, 0.29) is 11.8 Å². The Bertz CT molecular complexity index is 1250. The third-order valence-corrected chi connectivity index (χ3v) is 7.95. The van der Waals surface area contributed by atoms with Gasteiger partial charge in [0.05, 0.1) is 32.3 Å². The number of rotatable bonds is 8. The van der Waals surface area contributed by atoms with E-state index in [4.69, 9.17) is 53.1 Å². The first-order valence-electron chi connectivity index (χ1n) is 10.6. The van der Waals surface area contributed by atoms with E-state index in [0.29, 0.717) is 37.7 Å². The Morgan fingerprint density at radius 3 is 2.17 bits per heavy atom. The van der Waals surface area contributed by atoms with Crippen molar-refractivity contribution in [1.29, 1.82) is 0 Å². The lowest BCUT2D eigenvalue weighted by Crippen LogP contribution is -2.25. The Morgan fingerprint density at radius 2 is 1.60 bits per heavy atom. The number of phosphoric acid groups is 1. The summed E-state index contributed by atoms with van der Waals surface area (Å²) in [5.74, 6) is 0.701. The second-order valence-corrected chi connectivity index (χ2v) is 13.0. The molecule has 0 N–H and O–H groups in total. The predicted molar refractivity (Wildman–Crippen MR) is 143 cm³/mol. The fourth-order valence-corrected chi connectivity index (χ4v) is 5.84. The highest BCUT2D eigenvalue weighted by Gasteiger charge is 2.37. The first kappa shape index (κ1) is 28.6. The minimum atomic E-state index is -3.95. The number of hydrogen-bond acceptors (Lipinski definition) is 7. The topological polar surface area (TPSA) is 71.8 Å². The van der Waals surface area contributed by atoms with Crippen molar-refractivity contribution >= 4 is 65.4 Å². The molecule has 0 atom stereocenters. The lowest BCUT2D eigenvalue weighted by atomic mass is 10.2. The van der Waals surface area contributed by atoms with E-state index in [9.17, 15) is 4.57 Å². The molecule has 3 rings (SSSR count). The summed E-state index contributed by atoms with van der Waals surface area (Å²) in [5, 5.41) is 1.58. The first-order valence-corrected chi connectivity index (χ1v) is 14.4. The molecular formula is C23H28Cl3N2O5PS. The van der Waals surface area contributed by atoms with Crippen LogP contribution in [0, 0.1) is 0 Å². The van der Waals surface area contributed by atoms with Crippen LogP contribution in [0.3, 0.4) is 0 Å². The zero-order chi connectivity index (χ0) is 26.2. The van der Waals surface area contributed by atoms with E-state index in [2.05, 4.69) is 4.98 Å². The molecule has 2 aromatic carbocycles. The highest BCUT2D eigenvalue weighted by molar-refractivity contribution is 7.98. The zero-order valence-electron chi connectivity index (χ0n) is 20.5. The maximum atomic E-state index is 13.5. The van der Waals surface area contributed by atoms with Gasteiger partial charge in [0.15, 0.2) is 5.16 Å². The lowest BCUT2D eigenvalue weighted by molar-refractivity contribution is -0.00655. The van der Waals surface area contributed by atoms with Crippen molar-refractivity contribution in [2.45, 2.75) is 64.6 Å². The molecular weight excluding hydrogens is 554 g/mol. The largest absolute Gasteiger partial charge is 0.477 e. The predicted octanol–water partition coefficient (Wildman–Crippen LogP) is 9.22. The van der Waals surface area contributed by atoms with Gasteiger partial charge in [0.2, 0.25) is 0 Å². The monoisotopic (exact) mass is 580 g/mol. The number of hydrogen-bond donors (Lipinski definition) is 0. The average molecular weight is 582 g/mol. The van der Waals surface area contributed by atoms with Crippen LogP contribution in [0.4, 0.5) is 0 Å². The molecule has 0 unspecified atom stereocenters. The van der Waals surface area contributed by atoms with Gasteiger partial charge in [-0.25, -0.2) is 9.55 Å². The summed E-state index contributed by atoms with van der Waals surface area (Å²) < 4.78 is 38.5. The molecule has 0 saturated carbocycles. The van der Waals surface area contributed by atoms with Crippen molar-refractivity contribution < 1.29 is 22.9 Å². The summed E-state index contributed by atoms with van der Waals surface area (Å²) in [6, 6.07) is 8.47. The van der Waals surface area contributed by atoms with Gasteiger partial charge in [0.1, 0.15) is 23.3 Å². The van der Waals surface area contributed by atoms with Crippen molar-refractivity contribution in [3.63, 3.8) is 0 Å². The van der Waals surface area contributed by atoms with Crippen LogP contribution in [0.2, 0.25) is 15.1 Å². The first-order chi connectivity index (χ1) is 16.1. The summed E-state index contributed by atoms with van der Waals surface area (Å²) >= 11 is 20.3. The van der Waals surface area contributed by atoms with E-state index in [1.54, 1.807) is 76.4 Å². The molecule has 0 aliphatic rings. The third-order valence-electron chi connectivity index (χ3n) is 4.20. The Hall–Kier alpha value is -0.960. The molecule has 192 valence electrons. The maximum absolute atomic E-state index is 13.5. The van der Waals surface area contributed by atoms with E-state index in [1.165, 1.54) is 11.8 Å². The molecule has 0 fully saturated rings. The second kappa shape index (κ2) is 10.8. The van der Waals surface area contributed by atoms with E-state index in [1.807, 2.05) is 6.26 Å². The molecule has 1 aromatic heterocycles. The fraction of sp³-hybridized carbons (Fsp3) is 0.435. The standard InChI is InChI=1S/C23H28Cl3N2O5PS/c1-22(2,3)32-34(29,33-23(4,5)6)30-13-28-17-12-19(15(25)11-16(17)27-21(28)35-7)31-18-10-8-9-14(24)20(18)26/h8-12H,13H2,1-7H3. The van der Waals surface area contributed by atoms with E-state index in [0.717, 1.165) is 0 Å². The maximum Gasteiger partial charge on any atom is 0.477 e. The zero-order valence-corrected chi connectivity index (χ0v) is 24.5. The van der Waals surface area contributed by atoms with Crippen molar-refractivity contribution in [2.24, 2.45) is 0 Å². The Morgan fingerprint density at radius 1 is 0.971 bits per heavy atom. The number of fused-ring (bicyclic) bond motifs is 1. The van der Waals surface area contributed by atoms with Gasteiger partial charge in [-0.2, -0.15) is 0 Å². The van der Waals surface area contributed by atoms with Gasteiger partial charge >= 0.3 is 7.82 Å². The number of benzene rings is 2. The minimum absolute atomic E-state index is 0.144. The van der Waals surface area contributed by atoms with Crippen LogP contribution in [0.5, 0.6) is 11.5 Å². The smallest absolute Gasteiger partial charge is 0.454 e. The molecule has 0 spiro atoms. The number of aromatic nitrogens is 2. The van der Waals surface area contributed by atoms with Gasteiger partial charge < -0.3 is 4.74 Å². The van der Waals surface area contributed by atoms with Gasteiger partial charge in [-0.15, -0.1) is 0 Å². The number of halogens is 3. The minimum Gasteiger partial charge on any atom is -0.454 e. The van der Waals surface area contributed by atoms with Crippen LogP contribution in [-0.2, 0) is 24.9 Å². The third kappa shape index (κ3) is 7.53. The van der Waals surface area contributed by atoms with Crippen LogP contribution >= 0.6 is 54.4 Å². The van der Waals surface area contributed by atoms with Crippen LogP contribution < -0.4 is 4.74 Å². The summed E-state index contributed by atoms with van der Waals surface area (Å²) in [5.41, 5.74) is -0.267. The summed E-state index contributed by atoms with van der Waals surface area (Å²) in [6.07, 6.45) is 1.87. The number of ether oxygens (including phenoxy) is 1. The van der Waals surface area contributed by atoms with Gasteiger partial charge in [0.25, 0.3) is 0 Å². The lowest BCUT2D eigenvalue weighted by Gasteiger charge is -2.31. The summed E-state index contributed by atoms with van der Waals surface area (Å²) in [6.45, 7) is 10.5.